The molecule has 1 heterocycles. The highest BCUT2D eigenvalue weighted by Crippen LogP contribution is 2.24. The normalized spacial score (nSPS) is 22.2. The maximum Gasteiger partial charge on any atom is 0.308 e. The van der Waals surface area contributed by atoms with Crippen LogP contribution in [0.3, 0.4) is 0 Å². The predicted molar refractivity (Wildman–Crippen MR) is 78.6 cm³/mol. The van der Waals surface area contributed by atoms with Crippen molar-refractivity contribution in [1.82, 2.24) is 10.2 Å². The molecule has 1 saturated heterocycles. The predicted octanol–water partition coefficient (Wildman–Crippen LogP) is 1.25. The molecule has 0 radical (unpaired) electrons. The first-order valence-corrected chi connectivity index (χ1v) is 7.62. The molecule has 2 N–H and O–H groups in total. The molecule has 1 aliphatic heterocycles. The molecule has 120 valence electrons. The number of carbonyl (C=O) groups excluding carboxylic acids is 2. The van der Waals surface area contributed by atoms with Crippen LogP contribution >= 0.6 is 0 Å². The van der Waals surface area contributed by atoms with E-state index in [1.807, 2.05) is 13.8 Å². The molecule has 1 fully saturated rings. The molecule has 21 heavy (non-hydrogen) atoms. The summed E-state index contributed by atoms with van der Waals surface area (Å²) in [4.78, 5) is 36.4. The molecule has 0 unspecified atom stereocenters. The van der Waals surface area contributed by atoms with E-state index < -0.39 is 11.9 Å². The van der Waals surface area contributed by atoms with Crippen molar-refractivity contribution in [3.63, 3.8) is 0 Å². The summed E-state index contributed by atoms with van der Waals surface area (Å²) in [6, 6.07) is -0.282. The van der Waals surface area contributed by atoms with Crippen molar-refractivity contribution in [2.45, 2.75) is 52.5 Å². The number of nitrogens with one attached hydrogen (secondary N) is 1. The lowest BCUT2D eigenvalue weighted by Crippen LogP contribution is -2.49. The summed E-state index contributed by atoms with van der Waals surface area (Å²) in [7, 11) is 0. The first-order valence-electron chi connectivity index (χ1n) is 7.62. The second-order valence-corrected chi connectivity index (χ2v) is 6.11. The van der Waals surface area contributed by atoms with Gasteiger partial charge >= 0.3 is 5.97 Å². The average molecular weight is 298 g/mol. The molecule has 0 aliphatic carbocycles. The smallest absolute Gasteiger partial charge is 0.308 e. The Morgan fingerprint density at radius 3 is 2.57 bits per heavy atom. The van der Waals surface area contributed by atoms with Gasteiger partial charge in [-0.1, -0.05) is 13.8 Å². The molecule has 0 aromatic heterocycles. The second kappa shape index (κ2) is 8.00. The van der Waals surface area contributed by atoms with Crippen molar-refractivity contribution in [1.29, 1.82) is 0 Å². The highest BCUT2D eigenvalue weighted by atomic mass is 16.4. The summed E-state index contributed by atoms with van der Waals surface area (Å²) in [5.41, 5.74) is 0. The summed E-state index contributed by atoms with van der Waals surface area (Å²) in [6.07, 6.45) is 2.01. The second-order valence-electron chi connectivity index (χ2n) is 6.11. The van der Waals surface area contributed by atoms with Crippen molar-refractivity contribution in [2.75, 3.05) is 13.1 Å². The van der Waals surface area contributed by atoms with Crippen LogP contribution in [-0.4, -0.2) is 46.9 Å². The molecular formula is C15H26N2O4. The summed E-state index contributed by atoms with van der Waals surface area (Å²) < 4.78 is 0. The van der Waals surface area contributed by atoms with Crippen molar-refractivity contribution in [2.24, 2.45) is 11.8 Å². The largest absolute Gasteiger partial charge is 0.481 e. The number of hydrogen-bond acceptors (Lipinski definition) is 3. The number of amides is 2. The molecule has 0 bridgehead atoms. The molecule has 0 saturated carbocycles. The van der Waals surface area contributed by atoms with Crippen molar-refractivity contribution < 1.29 is 19.5 Å². The highest BCUT2D eigenvalue weighted by molar-refractivity contribution is 5.80. The maximum atomic E-state index is 12.2. The lowest BCUT2D eigenvalue weighted by atomic mass is 9.90. The third-order valence-electron chi connectivity index (χ3n) is 3.88. The summed E-state index contributed by atoms with van der Waals surface area (Å²) in [6.45, 7) is 6.63. The van der Waals surface area contributed by atoms with E-state index in [0.29, 0.717) is 38.3 Å². The molecule has 2 atom stereocenters. The van der Waals surface area contributed by atoms with Gasteiger partial charge in [-0.05, 0) is 25.7 Å². The van der Waals surface area contributed by atoms with Crippen LogP contribution in [0.2, 0.25) is 0 Å². The van der Waals surface area contributed by atoms with Crippen LogP contribution in [0.15, 0.2) is 0 Å². The molecule has 6 heteroatoms. The Kier molecular flexibility index (Phi) is 6.65. The summed E-state index contributed by atoms with van der Waals surface area (Å²) in [5.74, 6) is -1.17. The van der Waals surface area contributed by atoms with E-state index in [0.717, 1.165) is 0 Å². The Morgan fingerprint density at radius 1 is 1.33 bits per heavy atom. The van der Waals surface area contributed by atoms with Crippen LogP contribution in [0.4, 0.5) is 0 Å². The Labute approximate surface area is 125 Å². The molecule has 0 aromatic rings. The minimum atomic E-state index is -0.842. The van der Waals surface area contributed by atoms with E-state index in [4.69, 9.17) is 5.11 Å². The van der Waals surface area contributed by atoms with Crippen LogP contribution in [-0.2, 0) is 14.4 Å². The van der Waals surface area contributed by atoms with Gasteiger partial charge in [-0.2, -0.15) is 0 Å². The zero-order valence-corrected chi connectivity index (χ0v) is 13.1. The first-order chi connectivity index (χ1) is 9.82. The Morgan fingerprint density at radius 2 is 2.00 bits per heavy atom. The third kappa shape index (κ3) is 5.36. The summed E-state index contributed by atoms with van der Waals surface area (Å²) >= 11 is 0. The SMILES string of the molecule is CC(C)CC(=O)NCCC(=O)N1CCC[C@H](C(=O)O)[C@@H]1C. The van der Waals surface area contributed by atoms with Gasteiger partial charge in [0.25, 0.3) is 0 Å². The van der Waals surface area contributed by atoms with Gasteiger partial charge in [0.15, 0.2) is 0 Å². The molecule has 0 spiro atoms. The van der Waals surface area contributed by atoms with Gasteiger partial charge in [-0.25, -0.2) is 0 Å². The average Bonchev–Trinajstić information content (AvgIpc) is 2.37. The zero-order valence-electron chi connectivity index (χ0n) is 13.1. The van der Waals surface area contributed by atoms with Crippen LogP contribution < -0.4 is 5.32 Å². The van der Waals surface area contributed by atoms with E-state index in [-0.39, 0.29) is 24.3 Å². The number of aliphatic carboxylic acids is 1. The minimum Gasteiger partial charge on any atom is -0.481 e. The molecular weight excluding hydrogens is 272 g/mol. The number of piperidine rings is 1. The number of likely N-dealkylation sites (tertiary alicyclic amines) is 1. The van der Waals surface area contributed by atoms with Gasteiger partial charge in [0, 0.05) is 32.0 Å². The molecule has 2 amide bonds. The van der Waals surface area contributed by atoms with E-state index >= 15 is 0 Å². The highest BCUT2D eigenvalue weighted by Gasteiger charge is 2.34. The fourth-order valence-electron chi connectivity index (χ4n) is 2.72. The lowest BCUT2D eigenvalue weighted by molar-refractivity contribution is -0.149. The van der Waals surface area contributed by atoms with Crippen LogP contribution in [0.5, 0.6) is 0 Å². The standard InChI is InChI=1S/C15H26N2O4/c1-10(2)9-13(18)16-7-6-14(19)17-8-4-5-12(11(17)3)15(20)21/h10-12H,4-9H2,1-3H3,(H,16,18)(H,20,21)/t11-,12-/m0/s1. The number of carboxylic acid groups (broad SMARTS) is 1. The van der Waals surface area contributed by atoms with Crippen LogP contribution in [0.1, 0.15) is 46.5 Å². The van der Waals surface area contributed by atoms with Crippen LogP contribution in [0, 0.1) is 11.8 Å². The molecule has 6 nitrogen and oxygen atoms in total. The van der Waals surface area contributed by atoms with E-state index in [1.54, 1.807) is 11.8 Å². The quantitative estimate of drug-likeness (QED) is 0.772. The van der Waals surface area contributed by atoms with Crippen molar-refractivity contribution in [3.8, 4) is 0 Å². The lowest BCUT2D eigenvalue weighted by Gasteiger charge is -2.37. The van der Waals surface area contributed by atoms with Gasteiger partial charge in [-0.15, -0.1) is 0 Å². The number of nitrogens with zero attached hydrogens (tertiary/aromatic N) is 1. The number of carboxylic acids is 1. The van der Waals surface area contributed by atoms with E-state index in [9.17, 15) is 14.4 Å². The monoisotopic (exact) mass is 298 g/mol. The fraction of sp³-hybridized carbons (Fsp3) is 0.800. The van der Waals surface area contributed by atoms with Gasteiger partial charge in [0.05, 0.1) is 5.92 Å². The number of hydrogen-bond donors (Lipinski definition) is 2. The van der Waals surface area contributed by atoms with E-state index in [1.165, 1.54) is 0 Å². The Bertz CT molecular complexity index is 395. The van der Waals surface area contributed by atoms with Crippen molar-refractivity contribution >= 4 is 17.8 Å². The molecule has 1 aliphatic rings. The molecule has 0 aromatic carbocycles. The van der Waals surface area contributed by atoms with Gasteiger partial charge < -0.3 is 15.3 Å². The van der Waals surface area contributed by atoms with E-state index in [2.05, 4.69) is 5.32 Å². The first kappa shape index (κ1) is 17.5. The number of rotatable bonds is 6. The maximum absolute atomic E-state index is 12.2. The van der Waals surface area contributed by atoms with Gasteiger partial charge in [0.1, 0.15) is 0 Å². The third-order valence-corrected chi connectivity index (χ3v) is 3.88. The number of carbonyl (C=O) groups is 3. The van der Waals surface area contributed by atoms with Crippen LogP contribution in [0.25, 0.3) is 0 Å². The fourth-order valence-corrected chi connectivity index (χ4v) is 2.72. The zero-order chi connectivity index (χ0) is 16.0. The van der Waals surface area contributed by atoms with Crippen molar-refractivity contribution in [3.05, 3.63) is 0 Å². The Balaban J connectivity index is 2.41. The molecule has 1 rings (SSSR count). The Hall–Kier alpha value is -1.59. The minimum absolute atomic E-state index is 0.0482. The topological polar surface area (TPSA) is 86.7 Å². The van der Waals surface area contributed by atoms with Gasteiger partial charge in [-0.3, -0.25) is 14.4 Å². The summed E-state index contributed by atoms with van der Waals surface area (Å²) in [5, 5.41) is 11.9. The van der Waals surface area contributed by atoms with Gasteiger partial charge in [0.2, 0.25) is 11.8 Å².